The second-order valence-electron chi connectivity index (χ2n) is 7.82. The van der Waals surface area contributed by atoms with Gasteiger partial charge in [-0.25, -0.2) is 0 Å². The van der Waals surface area contributed by atoms with Crippen molar-refractivity contribution in [3.63, 3.8) is 0 Å². The van der Waals surface area contributed by atoms with E-state index in [-0.39, 0.29) is 11.7 Å². The topological polar surface area (TPSA) is 58.6 Å². The summed E-state index contributed by atoms with van der Waals surface area (Å²) in [5, 5.41) is 15.8. The zero-order chi connectivity index (χ0) is 23.0. The molecule has 4 nitrogen and oxygen atoms in total. The molecule has 4 rings (SSSR count). The number of hydrogen-bond donors (Lipinski definition) is 2. The first-order valence-corrected chi connectivity index (χ1v) is 11.1. The highest BCUT2D eigenvalue weighted by molar-refractivity contribution is 5.94. The zero-order valence-corrected chi connectivity index (χ0v) is 18.6. The largest absolute Gasteiger partial charge is 0.508 e. The van der Waals surface area contributed by atoms with Crippen molar-refractivity contribution in [2.45, 2.75) is 19.4 Å². The van der Waals surface area contributed by atoms with Crippen LogP contribution in [0.5, 0.6) is 11.5 Å². The van der Waals surface area contributed by atoms with E-state index in [2.05, 4.69) is 12.2 Å². The lowest BCUT2D eigenvalue weighted by Gasteiger charge is -2.22. The van der Waals surface area contributed by atoms with Gasteiger partial charge in [-0.05, 0) is 52.6 Å². The Balaban J connectivity index is 1.60. The van der Waals surface area contributed by atoms with Crippen LogP contribution < -0.4 is 10.1 Å². The molecule has 166 valence electrons. The van der Waals surface area contributed by atoms with Crippen LogP contribution in [0.2, 0.25) is 0 Å². The minimum absolute atomic E-state index is 0.148. The number of amides is 1. The summed E-state index contributed by atoms with van der Waals surface area (Å²) >= 11 is 0. The van der Waals surface area contributed by atoms with Crippen molar-refractivity contribution in [1.29, 1.82) is 0 Å². The molecule has 0 saturated heterocycles. The van der Waals surface area contributed by atoms with Crippen molar-refractivity contribution >= 4 is 22.8 Å². The lowest BCUT2D eigenvalue weighted by atomic mass is 9.92. The molecule has 1 unspecified atom stereocenters. The first-order valence-electron chi connectivity index (χ1n) is 11.1. The summed E-state index contributed by atoms with van der Waals surface area (Å²) in [6.07, 6.45) is 4.24. The van der Waals surface area contributed by atoms with E-state index in [1.807, 2.05) is 84.9 Å². The summed E-state index contributed by atoms with van der Waals surface area (Å²) in [5.41, 5.74) is 2.47. The first kappa shape index (κ1) is 22.2. The van der Waals surface area contributed by atoms with Gasteiger partial charge in [0.2, 0.25) is 5.91 Å². The molecule has 4 aromatic rings. The lowest BCUT2D eigenvalue weighted by Crippen LogP contribution is -2.28. The molecule has 0 spiro atoms. The number of rotatable bonds is 8. The standard InChI is InChI=1S/C29H27NO3/c1-2-20-33-24-16-12-21(13-17-24)14-19-27(32)30-29(23-9-4-3-5-10-23)28-25-11-7-6-8-22(25)15-18-26(28)31/h3-19,29,31H,2,20H2,1H3,(H,30,32)/b19-14+. The average molecular weight is 438 g/mol. The molecule has 0 saturated carbocycles. The van der Waals surface area contributed by atoms with Gasteiger partial charge in [-0.2, -0.15) is 0 Å². The maximum atomic E-state index is 12.9. The van der Waals surface area contributed by atoms with Crippen LogP contribution in [-0.2, 0) is 4.79 Å². The number of aromatic hydroxyl groups is 1. The number of carbonyl (C=O) groups is 1. The van der Waals surface area contributed by atoms with Crippen LogP contribution in [0.4, 0.5) is 0 Å². The second kappa shape index (κ2) is 10.5. The molecule has 0 aliphatic carbocycles. The summed E-state index contributed by atoms with van der Waals surface area (Å²) in [6, 6.07) is 28.2. The highest BCUT2D eigenvalue weighted by Crippen LogP contribution is 2.35. The third-order valence-electron chi connectivity index (χ3n) is 5.44. The number of fused-ring (bicyclic) bond motifs is 1. The minimum Gasteiger partial charge on any atom is -0.508 e. The number of benzene rings is 4. The number of carbonyl (C=O) groups excluding carboxylic acids is 1. The number of hydrogen-bond acceptors (Lipinski definition) is 3. The van der Waals surface area contributed by atoms with E-state index in [4.69, 9.17) is 4.74 Å². The van der Waals surface area contributed by atoms with Crippen molar-refractivity contribution in [3.05, 3.63) is 114 Å². The van der Waals surface area contributed by atoms with E-state index in [1.54, 1.807) is 12.1 Å². The Morgan fingerprint density at radius 2 is 1.67 bits per heavy atom. The summed E-state index contributed by atoms with van der Waals surface area (Å²) in [6.45, 7) is 2.75. The predicted molar refractivity (Wildman–Crippen MR) is 133 cm³/mol. The fourth-order valence-corrected chi connectivity index (χ4v) is 3.81. The number of phenolic OH excluding ortho intramolecular Hbond substituents is 1. The van der Waals surface area contributed by atoms with Gasteiger partial charge in [0.1, 0.15) is 11.5 Å². The molecule has 4 aromatic carbocycles. The lowest BCUT2D eigenvalue weighted by molar-refractivity contribution is -0.116. The first-order chi connectivity index (χ1) is 16.2. The van der Waals surface area contributed by atoms with Crippen molar-refractivity contribution in [2.24, 2.45) is 0 Å². The van der Waals surface area contributed by atoms with E-state index >= 15 is 0 Å². The highest BCUT2D eigenvalue weighted by atomic mass is 16.5. The quantitative estimate of drug-likeness (QED) is 0.320. The average Bonchev–Trinajstić information content (AvgIpc) is 2.86. The Kier molecular flexibility index (Phi) is 7.06. The van der Waals surface area contributed by atoms with Crippen LogP contribution in [-0.4, -0.2) is 17.6 Å². The summed E-state index contributed by atoms with van der Waals surface area (Å²) in [7, 11) is 0. The molecule has 1 atom stereocenters. The number of ether oxygens (including phenoxy) is 1. The fourth-order valence-electron chi connectivity index (χ4n) is 3.81. The van der Waals surface area contributed by atoms with Gasteiger partial charge in [0.15, 0.2) is 0 Å². The molecule has 0 aromatic heterocycles. The van der Waals surface area contributed by atoms with Gasteiger partial charge in [0.05, 0.1) is 12.6 Å². The van der Waals surface area contributed by atoms with Crippen LogP contribution in [0.25, 0.3) is 16.8 Å². The van der Waals surface area contributed by atoms with Crippen LogP contribution in [0.1, 0.15) is 36.1 Å². The number of nitrogens with one attached hydrogen (secondary N) is 1. The maximum Gasteiger partial charge on any atom is 0.244 e. The Hall–Kier alpha value is -4.05. The molecular formula is C29H27NO3. The van der Waals surface area contributed by atoms with E-state index in [1.165, 1.54) is 6.08 Å². The van der Waals surface area contributed by atoms with Crippen molar-refractivity contribution in [3.8, 4) is 11.5 Å². The highest BCUT2D eigenvalue weighted by Gasteiger charge is 2.21. The summed E-state index contributed by atoms with van der Waals surface area (Å²) < 4.78 is 5.61. The predicted octanol–water partition coefficient (Wildman–Crippen LogP) is 6.25. The van der Waals surface area contributed by atoms with Gasteiger partial charge in [-0.1, -0.05) is 79.7 Å². The van der Waals surface area contributed by atoms with Gasteiger partial charge in [-0.3, -0.25) is 4.79 Å². The number of phenols is 1. The van der Waals surface area contributed by atoms with E-state index in [0.717, 1.165) is 34.1 Å². The van der Waals surface area contributed by atoms with Gasteiger partial charge >= 0.3 is 0 Å². The third-order valence-corrected chi connectivity index (χ3v) is 5.44. The Bertz CT molecular complexity index is 1250. The fraction of sp³-hybridized carbons (Fsp3) is 0.138. The van der Waals surface area contributed by atoms with Crippen LogP contribution in [0, 0.1) is 0 Å². The minimum atomic E-state index is -0.501. The molecule has 4 heteroatoms. The SMILES string of the molecule is CCCOc1ccc(/C=C/C(=O)NC(c2ccccc2)c2c(O)ccc3ccccc23)cc1. The summed E-state index contributed by atoms with van der Waals surface area (Å²) in [4.78, 5) is 12.9. The molecule has 0 fully saturated rings. The van der Waals surface area contributed by atoms with Crippen molar-refractivity contribution in [1.82, 2.24) is 5.32 Å². The third kappa shape index (κ3) is 5.42. The van der Waals surface area contributed by atoms with E-state index in [0.29, 0.717) is 12.2 Å². The molecule has 0 bridgehead atoms. The van der Waals surface area contributed by atoms with E-state index in [9.17, 15) is 9.90 Å². The van der Waals surface area contributed by atoms with Gasteiger partial charge < -0.3 is 15.2 Å². The molecule has 0 radical (unpaired) electrons. The summed E-state index contributed by atoms with van der Waals surface area (Å²) in [5.74, 6) is 0.714. The Labute approximate surface area is 194 Å². The van der Waals surface area contributed by atoms with Crippen molar-refractivity contribution in [2.75, 3.05) is 6.61 Å². The molecule has 1 amide bonds. The Morgan fingerprint density at radius 1 is 0.939 bits per heavy atom. The normalized spacial score (nSPS) is 12.0. The molecular weight excluding hydrogens is 410 g/mol. The van der Waals surface area contributed by atoms with E-state index < -0.39 is 6.04 Å². The van der Waals surface area contributed by atoms with Crippen molar-refractivity contribution < 1.29 is 14.6 Å². The molecule has 0 aliphatic rings. The van der Waals surface area contributed by atoms with Gasteiger partial charge in [0.25, 0.3) is 0 Å². The molecule has 0 heterocycles. The smallest absolute Gasteiger partial charge is 0.244 e. The Morgan fingerprint density at radius 3 is 2.42 bits per heavy atom. The van der Waals surface area contributed by atoms with Gasteiger partial charge in [-0.15, -0.1) is 0 Å². The van der Waals surface area contributed by atoms with Crippen LogP contribution >= 0.6 is 0 Å². The second-order valence-corrected chi connectivity index (χ2v) is 7.82. The molecule has 2 N–H and O–H groups in total. The maximum absolute atomic E-state index is 12.9. The van der Waals surface area contributed by atoms with Gasteiger partial charge in [0, 0.05) is 11.6 Å². The molecule has 33 heavy (non-hydrogen) atoms. The zero-order valence-electron chi connectivity index (χ0n) is 18.6. The monoisotopic (exact) mass is 437 g/mol. The molecule has 0 aliphatic heterocycles. The van der Waals surface area contributed by atoms with Crippen LogP contribution in [0.3, 0.4) is 0 Å². The van der Waals surface area contributed by atoms with Crippen LogP contribution in [0.15, 0.2) is 97.1 Å².